The van der Waals surface area contributed by atoms with Gasteiger partial charge in [-0.3, -0.25) is 14.5 Å². The molecule has 6 heteroatoms. The number of halogens is 1. The van der Waals surface area contributed by atoms with Crippen molar-refractivity contribution in [2.24, 2.45) is 11.8 Å². The number of carbonyl (C=O) groups is 2. The molecule has 0 saturated carbocycles. The number of nitrogens with zero attached hydrogens (tertiary/aromatic N) is 2. The van der Waals surface area contributed by atoms with Crippen LogP contribution in [-0.2, 0) is 9.59 Å². The van der Waals surface area contributed by atoms with Crippen LogP contribution in [0.1, 0.15) is 27.2 Å². The summed E-state index contributed by atoms with van der Waals surface area (Å²) in [4.78, 5) is 28.7. The number of nitrogens with one attached hydrogen (secondary N) is 1. The fraction of sp³-hybridized carbons (Fsp3) is 0.579. The molecule has 1 aromatic carbocycles. The van der Waals surface area contributed by atoms with E-state index in [1.165, 1.54) is 0 Å². The van der Waals surface area contributed by atoms with Gasteiger partial charge in [0.05, 0.1) is 12.6 Å². The summed E-state index contributed by atoms with van der Waals surface area (Å²) in [5.41, 5.74) is 0.695. The van der Waals surface area contributed by atoms with Gasteiger partial charge in [-0.2, -0.15) is 0 Å². The first-order valence-corrected chi connectivity index (χ1v) is 9.18. The van der Waals surface area contributed by atoms with Gasteiger partial charge in [-0.25, -0.2) is 0 Å². The molecular weight excluding hydrogens is 338 g/mol. The molecule has 0 radical (unpaired) electrons. The van der Waals surface area contributed by atoms with Gasteiger partial charge in [0.2, 0.25) is 11.8 Å². The summed E-state index contributed by atoms with van der Waals surface area (Å²) < 4.78 is 0. The zero-order valence-electron chi connectivity index (χ0n) is 15.5. The number of hydrogen-bond acceptors (Lipinski definition) is 3. The van der Waals surface area contributed by atoms with Crippen molar-refractivity contribution in [1.82, 2.24) is 9.80 Å². The highest BCUT2D eigenvalue weighted by molar-refractivity contribution is 6.30. The lowest BCUT2D eigenvalue weighted by molar-refractivity contribution is -0.139. The highest BCUT2D eigenvalue weighted by Crippen LogP contribution is 2.22. The summed E-state index contributed by atoms with van der Waals surface area (Å²) in [6.07, 6.45) is 1.16. The van der Waals surface area contributed by atoms with Gasteiger partial charge in [0, 0.05) is 23.8 Å². The van der Waals surface area contributed by atoms with E-state index in [2.05, 4.69) is 19.2 Å². The molecule has 138 valence electrons. The molecule has 1 aliphatic rings. The first-order chi connectivity index (χ1) is 11.8. The molecule has 1 N–H and O–H groups in total. The average molecular weight is 366 g/mol. The van der Waals surface area contributed by atoms with Crippen LogP contribution >= 0.6 is 11.6 Å². The molecule has 25 heavy (non-hydrogen) atoms. The first kappa shape index (κ1) is 19.7. The van der Waals surface area contributed by atoms with Crippen LogP contribution < -0.4 is 5.32 Å². The molecule has 2 rings (SSSR count). The van der Waals surface area contributed by atoms with E-state index in [1.54, 1.807) is 36.2 Å². The Morgan fingerprint density at radius 2 is 1.80 bits per heavy atom. The molecule has 1 aromatic rings. The normalized spacial score (nSPS) is 21.9. The lowest BCUT2D eigenvalue weighted by Crippen LogP contribution is -2.51. The Bertz CT molecular complexity index is 595. The van der Waals surface area contributed by atoms with Crippen molar-refractivity contribution in [3.8, 4) is 0 Å². The zero-order chi connectivity index (χ0) is 18.6. The first-order valence-electron chi connectivity index (χ1n) is 8.80. The van der Waals surface area contributed by atoms with Crippen LogP contribution in [0.3, 0.4) is 0 Å². The summed E-state index contributed by atoms with van der Waals surface area (Å²) in [6.45, 7) is 8.00. The Morgan fingerprint density at radius 1 is 1.24 bits per heavy atom. The number of likely N-dealkylation sites (tertiary alicyclic amines) is 1. The molecule has 1 fully saturated rings. The number of carbonyl (C=O) groups excluding carboxylic acids is 2. The number of hydrogen-bond donors (Lipinski definition) is 1. The third kappa shape index (κ3) is 5.72. The molecule has 3 unspecified atom stereocenters. The topological polar surface area (TPSA) is 52.7 Å². The van der Waals surface area contributed by atoms with Crippen molar-refractivity contribution >= 4 is 29.1 Å². The predicted octanol–water partition coefficient (Wildman–Crippen LogP) is 3.10. The summed E-state index contributed by atoms with van der Waals surface area (Å²) >= 11 is 5.84. The largest absolute Gasteiger partial charge is 0.341 e. The van der Waals surface area contributed by atoms with Gasteiger partial charge < -0.3 is 10.2 Å². The van der Waals surface area contributed by atoms with Crippen molar-refractivity contribution in [1.29, 1.82) is 0 Å². The summed E-state index contributed by atoms with van der Waals surface area (Å²) in [5.74, 6) is 1.00. The minimum absolute atomic E-state index is 0.0974. The molecular formula is C19H28ClN3O2. The quantitative estimate of drug-likeness (QED) is 0.872. The molecule has 2 amide bonds. The molecule has 1 heterocycles. The van der Waals surface area contributed by atoms with Gasteiger partial charge in [-0.15, -0.1) is 0 Å². The number of amides is 2. The summed E-state index contributed by atoms with van der Waals surface area (Å²) in [6, 6.07) is 6.64. The second kappa shape index (κ2) is 8.68. The molecule has 3 atom stereocenters. The summed E-state index contributed by atoms with van der Waals surface area (Å²) in [7, 11) is 1.81. The zero-order valence-corrected chi connectivity index (χ0v) is 16.2. The van der Waals surface area contributed by atoms with Crippen molar-refractivity contribution in [2.75, 3.05) is 32.0 Å². The smallest absolute Gasteiger partial charge is 0.239 e. The van der Waals surface area contributed by atoms with Crippen LogP contribution in [0.15, 0.2) is 24.3 Å². The van der Waals surface area contributed by atoms with E-state index in [9.17, 15) is 9.59 Å². The highest BCUT2D eigenvalue weighted by Gasteiger charge is 2.30. The van der Waals surface area contributed by atoms with Crippen LogP contribution in [0, 0.1) is 11.8 Å². The Labute approximate surface area is 155 Å². The van der Waals surface area contributed by atoms with Crippen molar-refractivity contribution in [3.05, 3.63) is 29.3 Å². The fourth-order valence-electron chi connectivity index (χ4n) is 3.39. The van der Waals surface area contributed by atoms with E-state index in [0.29, 0.717) is 22.5 Å². The van der Waals surface area contributed by atoms with Crippen LogP contribution in [0.5, 0.6) is 0 Å². The maximum absolute atomic E-state index is 12.7. The van der Waals surface area contributed by atoms with Crippen molar-refractivity contribution in [3.63, 3.8) is 0 Å². The Hall–Kier alpha value is -1.59. The number of benzene rings is 1. The average Bonchev–Trinajstić information content (AvgIpc) is 2.54. The van der Waals surface area contributed by atoms with Gasteiger partial charge in [-0.05, 0) is 56.5 Å². The fourth-order valence-corrected chi connectivity index (χ4v) is 3.52. The molecule has 5 nitrogen and oxygen atoms in total. The minimum atomic E-state index is -0.325. The predicted molar refractivity (Wildman–Crippen MR) is 102 cm³/mol. The van der Waals surface area contributed by atoms with Crippen molar-refractivity contribution < 1.29 is 9.59 Å². The Kier molecular flexibility index (Phi) is 6.85. The van der Waals surface area contributed by atoms with Gasteiger partial charge in [0.1, 0.15) is 0 Å². The molecule has 1 aliphatic heterocycles. The van der Waals surface area contributed by atoms with Gasteiger partial charge in [0.25, 0.3) is 0 Å². The Morgan fingerprint density at radius 3 is 2.36 bits per heavy atom. The molecule has 0 aromatic heterocycles. The molecule has 0 spiro atoms. The molecule has 0 aliphatic carbocycles. The maximum atomic E-state index is 12.7. The van der Waals surface area contributed by atoms with E-state index < -0.39 is 0 Å². The third-order valence-electron chi connectivity index (χ3n) is 4.72. The van der Waals surface area contributed by atoms with Crippen LogP contribution in [0.4, 0.5) is 5.69 Å². The van der Waals surface area contributed by atoms with Gasteiger partial charge >= 0.3 is 0 Å². The lowest BCUT2D eigenvalue weighted by Gasteiger charge is -2.38. The number of likely N-dealkylation sites (N-methyl/N-ethyl adjacent to an activating group) is 1. The van der Waals surface area contributed by atoms with Crippen LogP contribution in [-0.4, -0.2) is 54.3 Å². The van der Waals surface area contributed by atoms with Crippen LogP contribution in [0.2, 0.25) is 5.02 Å². The highest BCUT2D eigenvalue weighted by atomic mass is 35.5. The summed E-state index contributed by atoms with van der Waals surface area (Å²) in [5, 5.41) is 3.45. The van der Waals surface area contributed by atoms with E-state index >= 15 is 0 Å². The van der Waals surface area contributed by atoms with Gasteiger partial charge in [-0.1, -0.05) is 25.4 Å². The molecule has 0 bridgehead atoms. The molecule has 1 saturated heterocycles. The SMILES string of the molecule is CC1CC(C)CN(C(=O)C(C)N(C)CC(=O)Nc2ccc(Cl)cc2)C1. The number of piperidine rings is 1. The van der Waals surface area contributed by atoms with Gasteiger partial charge in [0.15, 0.2) is 0 Å². The van der Waals surface area contributed by atoms with E-state index in [1.807, 2.05) is 11.8 Å². The standard InChI is InChI=1S/C19H28ClN3O2/c1-13-9-14(2)11-23(10-13)19(25)15(3)22(4)12-18(24)21-17-7-5-16(20)6-8-17/h5-8,13-15H,9-12H2,1-4H3,(H,21,24). The van der Waals surface area contributed by atoms with E-state index in [0.717, 1.165) is 19.5 Å². The number of rotatable bonds is 5. The maximum Gasteiger partial charge on any atom is 0.239 e. The number of anilines is 1. The lowest BCUT2D eigenvalue weighted by atomic mass is 9.91. The minimum Gasteiger partial charge on any atom is -0.341 e. The third-order valence-corrected chi connectivity index (χ3v) is 4.97. The van der Waals surface area contributed by atoms with Crippen LogP contribution in [0.25, 0.3) is 0 Å². The second-order valence-electron chi connectivity index (χ2n) is 7.34. The Balaban J connectivity index is 1.88. The second-order valence-corrected chi connectivity index (χ2v) is 7.77. The van der Waals surface area contributed by atoms with Crippen molar-refractivity contribution in [2.45, 2.75) is 33.2 Å². The van der Waals surface area contributed by atoms with E-state index in [4.69, 9.17) is 11.6 Å². The van der Waals surface area contributed by atoms with E-state index in [-0.39, 0.29) is 24.4 Å². The monoisotopic (exact) mass is 365 g/mol.